The summed E-state index contributed by atoms with van der Waals surface area (Å²) in [7, 11) is 2.97. The topological polar surface area (TPSA) is 66.1 Å². The molecule has 3 aromatic carbocycles. The lowest BCUT2D eigenvalue weighted by atomic mass is 9.83. The Balaban J connectivity index is 1.91. The van der Waals surface area contributed by atoms with E-state index in [2.05, 4.69) is 4.99 Å². The van der Waals surface area contributed by atoms with Gasteiger partial charge in [0.1, 0.15) is 29.7 Å². The van der Waals surface area contributed by atoms with Crippen molar-refractivity contribution in [3.05, 3.63) is 82.4 Å². The molecule has 8 heteroatoms. The Kier molecular flexibility index (Phi) is 5.45. The Hall–Kier alpha value is -3.32. The molecule has 31 heavy (non-hydrogen) atoms. The van der Waals surface area contributed by atoms with Crippen molar-refractivity contribution < 1.29 is 23.0 Å². The van der Waals surface area contributed by atoms with Gasteiger partial charge in [0, 0.05) is 11.1 Å². The Labute approximate surface area is 183 Å². The van der Waals surface area contributed by atoms with Crippen molar-refractivity contribution in [1.82, 2.24) is 0 Å². The largest absolute Gasteiger partial charge is 0.497 e. The van der Waals surface area contributed by atoms with Crippen molar-refractivity contribution in [2.45, 2.75) is 5.54 Å². The number of hydrogen-bond acceptors (Lipinski definition) is 5. The van der Waals surface area contributed by atoms with Gasteiger partial charge < -0.3 is 19.9 Å². The van der Waals surface area contributed by atoms with Crippen LogP contribution in [0.15, 0.2) is 59.6 Å². The molecule has 0 saturated heterocycles. The van der Waals surface area contributed by atoms with Gasteiger partial charge in [0.2, 0.25) is 0 Å². The molecule has 1 aliphatic rings. The maximum absolute atomic E-state index is 14.8. The molecule has 4 rings (SSSR count). The lowest BCUT2D eigenvalue weighted by Crippen LogP contribution is -2.27. The van der Waals surface area contributed by atoms with Crippen molar-refractivity contribution in [2.75, 3.05) is 20.8 Å². The average molecular weight is 445 g/mol. The molecule has 0 fully saturated rings. The van der Waals surface area contributed by atoms with Crippen LogP contribution in [0.5, 0.6) is 11.5 Å². The maximum atomic E-state index is 14.8. The Morgan fingerprint density at radius 2 is 1.58 bits per heavy atom. The molecule has 0 saturated carbocycles. The van der Waals surface area contributed by atoms with Gasteiger partial charge >= 0.3 is 0 Å². The minimum Gasteiger partial charge on any atom is -0.497 e. The third-order valence-electron chi connectivity index (χ3n) is 5.27. The summed E-state index contributed by atoms with van der Waals surface area (Å²) in [5.41, 5.74) is 6.12. The molecule has 1 heterocycles. The molecular weight excluding hydrogens is 426 g/mol. The van der Waals surface area contributed by atoms with Gasteiger partial charge in [-0.15, -0.1) is 0 Å². The summed E-state index contributed by atoms with van der Waals surface area (Å²) in [4.78, 5) is 4.51. The van der Waals surface area contributed by atoms with E-state index < -0.39 is 17.2 Å². The number of aliphatic imine (C=N–C) groups is 1. The molecule has 0 spiro atoms. The molecule has 1 atom stereocenters. The Morgan fingerprint density at radius 3 is 2.19 bits per heavy atom. The molecule has 3 aromatic rings. The Morgan fingerprint density at radius 1 is 0.935 bits per heavy atom. The van der Waals surface area contributed by atoms with E-state index >= 15 is 0 Å². The monoisotopic (exact) mass is 444 g/mol. The summed E-state index contributed by atoms with van der Waals surface area (Å²) in [6.07, 6.45) is 0. The molecule has 2 N–H and O–H groups in total. The third-order valence-corrected chi connectivity index (χ3v) is 5.56. The van der Waals surface area contributed by atoms with Crippen LogP contribution in [-0.4, -0.2) is 26.8 Å². The molecule has 0 amide bonds. The van der Waals surface area contributed by atoms with E-state index in [1.807, 2.05) is 0 Å². The summed E-state index contributed by atoms with van der Waals surface area (Å²) >= 11 is 6.33. The van der Waals surface area contributed by atoms with Crippen molar-refractivity contribution in [3.8, 4) is 22.6 Å². The predicted octanol–water partition coefficient (Wildman–Crippen LogP) is 4.89. The summed E-state index contributed by atoms with van der Waals surface area (Å²) in [6, 6.07) is 13.7. The molecule has 0 radical (unpaired) electrons. The minimum atomic E-state index is -1.09. The first-order valence-electron chi connectivity index (χ1n) is 9.34. The normalized spacial score (nSPS) is 17.8. The number of halogens is 3. The second kappa shape index (κ2) is 8.07. The number of benzene rings is 3. The number of nitrogens with zero attached hydrogens (tertiary/aromatic N) is 1. The fraction of sp³-hybridized carbons (Fsp3) is 0.174. The van der Waals surface area contributed by atoms with E-state index in [1.165, 1.54) is 44.6 Å². The lowest BCUT2D eigenvalue weighted by Gasteiger charge is -2.26. The third kappa shape index (κ3) is 3.65. The van der Waals surface area contributed by atoms with E-state index in [4.69, 9.17) is 31.5 Å². The van der Waals surface area contributed by atoms with E-state index in [-0.39, 0.29) is 23.8 Å². The number of amidine groups is 1. The van der Waals surface area contributed by atoms with Crippen LogP contribution in [0.1, 0.15) is 11.1 Å². The zero-order valence-electron chi connectivity index (χ0n) is 16.8. The van der Waals surface area contributed by atoms with Gasteiger partial charge in [0.05, 0.1) is 19.2 Å². The molecule has 0 bridgehead atoms. The molecule has 160 valence electrons. The summed E-state index contributed by atoms with van der Waals surface area (Å²) in [6.45, 7) is 0.0765. The highest BCUT2D eigenvalue weighted by molar-refractivity contribution is 6.32. The van der Waals surface area contributed by atoms with E-state index in [0.29, 0.717) is 27.6 Å². The van der Waals surface area contributed by atoms with Gasteiger partial charge in [0.15, 0.2) is 5.54 Å². The first-order chi connectivity index (χ1) is 14.9. The standard InChI is InChI=1S/C23H19ClF2N2O3/c1-29-15-5-7-20(26)17(11-15)16-9-13(3-6-19(16)25)23(12-31-22(27)28-23)14-4-8-21(30-2)18(24)10-14/h3-11H,12H2,1-2H3,(H2,27,28). The van der Waals surface area contributed by atoms with Gasteiger partial charge in [-0.2, -0.15) is 0 Å². The fourth-order valence-corrected chi connectivity index (χ4v) is 3.90. The SMILES string of the molecule is COc1ccc(F)c(-c2cc(C3(c4ccc(OC)c(Cl)c4)COC(N)=N3)ccc2F)c1. The smallest absolute Gasteiger partial charge is 0.283 e. The highest BCUT2D eigenvalue weighted by atomic mass is 35.5. The zero-order valence-corrected chi connectivity index (χ0v) is 17.5. The zero-order chi connectivity index (χ0) is 22.2. The van der Waals surface area contributed by atoms with Gasteiger partial charge in [-0.05, 0) is 53.6 Å². The van der Waals surface area contributed by atoms with Crippen LogP contribution < -0.4 is 15.2 Å². The minimum absolute atomic E-state index is 0.00891. The first kappa shape index (κ1) is 20.9. The quantitative estimate of drug-likeness (QED) is 0.608. The maximum Gasteiger partial charge on any atom is 0.283 e. The predicted molar refractivity (Wildman–Crippen MR) is 115 cm³/mol. The molecule has 1 aliphatic heterocycles. The summed E-state index contributed by atoms with van der Waals surface area (Å²) < 4.78 is 45.2. The van der Waals surface area contributed by atoms with Gasteiger partial charge in [-0.1, -0.05) is 23.7 Å². The Bertz CT molecular complexity index is 1190. The number of methoxy groups -OCH3 is 2. The van der Waals surface area contributed by atoms with Crippen molar-refractivity contribution in [1.29, 1.82) is 0 Å². The molecule has 0 aromatic heterocycles. The number of hydrogen-bond donors (Lipinski definition) is 1. The van der Waals surface area contributed by atoms with Crippen LogP contribution in [0.4, 0.5) is 8.78 Å². The van der Waals surface area contributed by atoms with Crippen molar-refractivity contribution in [3.63, 3.8) is 0 Å². The van der Waals surface area contributed by atoms with E-state index in [1.54, 1.807) is 24.3 Å². The van der Waals surface area contributed by atoms with Crippen molar-refractivity contribution >= 4 is 17.6 Å². The fourth-order valence-electron chi connectivity index (χ4n) is 3.64. The molecule has 0 aliphatic carbocycles. The van der Waals surface area contributed by atoms with Gasteiger partial charge in [0.25, 0.3) is 6.02 Å². The van der Waals surface area contributed by atoms with Crippen LogP contribution in [0, 0.1) is 11.6 Å². The second-order valence-corrected chi connectivity index (χ2v) is 7.40. The first-order valence-corrected chi connectivity index (χ1v) is 9.72. The van der Waals surface area contributed by atoms with Crippen LogP contribution in [0.3, 0.4) is 0 Å². The number of rotatable bonds is 5. The van der Waals surface area contributed by atoms with Gasteiger partial charge in [-0.25, -0.2) is 13.8 Å². The molecule has 1 unspecified atom stereocenters. The van der Waals surface area contributed by atoms with Crippen LogP contribution in [0.25, 0.3) is 11.1 Å². The lowest BCUT2D eigenvalue weighted by molar-refractivity contribution is 0.278. The average Bonchev–Trinajstić information content (AvgIpc) is 3.17. The summed E-state index contributed by atoms with van der Waals surface area (Å²) in [5, 5.41) is 0.376. The summed E-state index contributed by atoms with van der Waals surface area (Å²) in [5.74, 6) is -0.266. The highest BCUT2D eigenvalue weighted by Gasteiger charge is 2.41. The van der Waals surface area contributed by atoms with Crippen molar-refractivity contribution in [2.24, 2.45) is 10.7 Å². The van der Waals surface area contributed by atoms with E-state index in [0.717, 1.165) is 0 Å². The molecular formula is C23H19ClF2N2O3. The van der Waals surface area contributed by atoms with Crippen LogP contribution in [-0.2, 0) is 10.3 Å². The van der Waals surface area contributed by atoms with Crippen LogP contribution >= 0.6 is 11.6 Å². The second-order valence-electron chi connectivity index (χ2n) is 6.99. The number of ether oxygens (including phenoxy) is 3. The number of nitrogens with two attached hydrogens (primary N) is 1. The molecule has 5 nitrogen and oxygen atoms in total. The van der Waals surface area contributed by atoms with E-state index in [9.17, 15) is 8.78 Å². The van der Waals surface area contributed by atoms with Crippen LogP contribution in [0.2, 0.25) is 5.02 Å². The van der Waals surface area contributed by atoms with Gasteiger partial charge in [-0.3, -0.25) is 0 Å². The highest BCUT2D eigenvalue weighted by Crippen LogP contribution is 2.42.